The van der Waals surface area contributed by atoms with Gasteiger partial charge in [0.25, 0.3) is 5.91 Å². The molecule has 1 aromatic heterocycles. The van der Waals surface area contributed by atoms with Gasteiger partial charge in [0.1, 0.15) is 5.56 Å². The molecule has 4 rings (SSSR count). The van der Waals surface area contributed by atoms with Crippen molar-refractivity contribution in [3.63, 3.8) is 0 Å². The van der Waals surface area contributed by atoms with Gasteiger partial charge in [-0.05, 0) is 55.2 Å². The molecule has 0 bridgehead atoms. The van der Waals surface area contributed by atoms with E-state index in [9.17, 15) is 9.59 Å². The molecule has 0 fully saturated rings. The lowest BCUT2D eigenvalue weighted by atomic mass is 10.1. The van der Waals surface area contributed by atoms with Crippen LogP contribution in [0.25, 0.3) is 10.9 Å². The molecule has 6 nitrogen and oxygen atoms in total. The average Bonchev–Trinajstić information content (AvgIpc) is 3.05. The van der Waals surface area contributed by atoms with E-state index in [2.05, 4.69) is 28.2 Å². The molecule has 156 valence electrons. The maximum atomic E-state index is 13.0. The molecule has 1 amide bonds. The largest absolute Gasteiger partial charge is 0.493 e. The minimum Gasteiger partial charge on any atom is -0.493 e. The van der Waals surface area contributed by atoms with Crippen LogP contribution in [0.4, 0.5) is 0 Å². The lowest BCUT2D eigenvalue weighted by Crippen LogP contribution is -2.31. The topological polar surface area (TPSA) is 69.6 Å². The van der Waals surface area contributed by atoms with E-state index >= 15 is 0 Å². The Balaban J connectivity index is 1.55. The van der Waals surface area contributed by atoms with Crippen molar-refractivity contribution in [1.29, 1.82) is 0 Å². The van der Waals surface area contributed by atoms with E-state index in [-0.39, 0.29) is 22.9 Å². The number of halogens is 1. The Kier molecular flexibility index (Phi) is 5.56. The number of rotatable bonds is 6. The number of ether oxygens (including phenoxy) is 2. The highest BCUT2D eigenvalue weighted by molar-refractivity contribution is 9.10. The second-order valence-corrected chi connectivity index (χ2v) is 8.40. The van der Waals surface area contributed by atoms with Gasteiger partial charge in [0, 0.05) is 28.6 Å². The van der Waals surface area contributed by atoms with Crippen molar-refractivity contribution in [2.75, 3.05) is 20.8 Å². The highest BCUT2D eigenvalue weighted by atomic mass is 79.9. The molecule has 30 heavy (non-hydrogen) atoms. The van der Waals surface area contributed by atoms with Gasteiger partial charge in [-0.1, -0.05) is 22.0 Å². The van der Waals surface area contributed by atoms with Gasteiger partial charge in [-0.25, -0.2) is 0 Å². The first-order valence-electron chi connectivity index (χ1n) is 9.79. The number of methoxy groups -OCH3 is 2. The normalized spacial score (nSPS) is 14.7. The quantitative estimate of drug-likeness (QED) is 0.593. The van der Waals surface area contributed by atoms with Gasteiger partial charge in [-0.3, -0.25) is 9.59 Å². The smallest absolute Gasteiger partial charge is 0.256 e. The second kappa shape index (κ2) is 8.14. The van der Waals surface area contributed by atoms with Crippen molar-refractivity contribution >= 4 is 32.7 Å². The molecule has 1 aliphatic heterocycles. The predicted octanol–water partition coefficient (Wildman–Crippen LogP) is 3.87. The zero-order valence-corrected chi connectivity index (χ0v) is 18.7. The molecule has 1 aliphatic rings. The van der Waals surface area contributed by atoms with E-state index < -0.39 is 0 Å². The summed E-state index contributed by atoms with van der Waals surface area (Å²) in [6, 6.07) is 9.71. The molecule has 0 spiro atoms. The van der Waals surface area contributed by atoms with Crippen molar-refractivity contribution in [1.82, 2.24) is 9.88 Å². The standard InChI is InChI=1S/C23H23BrN2O4/c1-13-8-15-10-16(24)11-17-21(15)26(13)12-18(22(17)27)23(28)25-7-6-14-4-5-19(29-2)20(9-14)30-3/h4-5,9-13H,6-8H2,1-3H3,(H,25,28)/t13-/m1/s1. The SMILES string of the molecule is COc1ccc(CCNC(=O)c2cn3c4c(cc(Br)cc4c2=O)C[C@H]3C)cc1OC. The number of carbonyl (C=O) groups is 1. The van der Waals surface area contributed by atoms with Gasteiger partial charge >= 0.3 is 0 Å². The zero-order chi connectivity index (χ0) is 21.4. The third-order valence-corrected chi connectivity index (χ3v) is 6.01. The van der Waals surface area contributed by atoms with Gasteiger partial charge in [-0.15, -0.1) is 0 Å². The first-order chi connectivity index (χ1) is 14.4. The zero-order valence-electron chi connectivity index (χ0n) is 17.1. The molecule has 0 radical (unpaired) electrons. The predicted molar refractivity (Wildman–Crippen MR) is 120 cm³/mol. The summed E-state index contributed by atoms with van der Waals surface area (Å²) in [5, 5.41) is 3.46. The van der Waals surface area contributed by atoms with Gasteiger partial charge in [0.2, 0.25) is 5.43 Å². The summed E-state index contributed by atoms with van der Waals surface area (Å²) < 4.78 is 13.5. The fourth-order valence-electron chi connectivity index (χ4n) is 4.07. The van der Waals surface area contributed by atoms with Crippen LogP contribution >= 0.6 is 15.9 Å². The summed E-state index contributed by atoms with van der Waals surface area (Å²) in [5.41, 5.74) is 3.00. The first kappa shape index (κ1) is 20.5. The summed E-state index contributed by atoms with van der Waals surface area (Å²) in [4.78, 5) is 25.8. The highest BCUT2D eigenvalue weighted by Gasteiger charge is 2.25. The van der Waals surface area contributed by atoms with Crippen LogP contribution in [0.5, 0.6) is 11.5 Å². The summed E-state index contributed by atoms with van der Waals surface area (Å²) >= 11 is 3.48. The molecule has 0 saturated heterocycles. The molecular formula is C23H23BrN2O4. The number of carbonyl (C=O) groups excluding carboxylic acids is 1. The molecule has 0 saturated carbocycles. The van der Waals surface area contributed by atoms with Crippen molar-refractivity contribution in [3.8, 4) is 11.5 Å². The van der Waals surface area contributed by atoms with Crippen LogP contribution in [-0.4, -0.2) is 31.2 Å². The highest BCUT2D eigenvalue weighted by Crippen LogP contribution is 2.33. The third kappa shape index (κ3) is 3.58. The molecule has 2 heterocycles. The van der Waals surface area contributed by atoms with Crippen molar-refractivity contribution in [2.24, 2.45) is 0 Å². The van der Waals surface area contributed by atoms with E-state index in [1.54, 1.807) is 26.5 Å². The number of hydrogen-bond acceptors (Lipinski definition) is 4. The van der Waals surface area contributed by atoms with Crippen molar-refractivity contribution < 1.29 is 14.3 Å². The number of pyridine rings is 1. The Bertz CT molecular complexity index is 1200. The Labute approximate surface area is 182 Å². The van der Waals surface area contributed by atoms with Gasteiger partial charge in [0.05, 0.1) is 19.7 Å². The van der Waals surface area contributed by atoms with Crippen LogP contribution in [-0.2, 0) is 12.8 Å². The Hall–Kier alpha value is -2.80. The first-order valence-corrected chi connectivity index (χ1v) is 10.6. The Morgan fingerprint density at radius 1 is 1.20 bits per heavy atom. The van der Waals surface area contributed by atoms with E-state index in [4.69, 9.17) is 9.47 Å². The molecule has 3 aromatic rings. The van der Waals surface area contributed by atoms with Gasteiger partial charge < -0.3 is 19.4 Å². The average molecular weight is 471 g/mol. The molecule has 7 heteroatoms. The number of aromatic nitrogens is 1. The van der Waals surface area contributed by atoms with Crippen LogP contribution in [0.3, 0.4) is 0 Å². The Morgan fingerprint density at radius 3 is 2.70 bits per heavy atom. The number of nitrogens with one attached hydrogen (secondary N) is 1. The van der Waals surface area contributed by atoms with E-state index in [0.29, 0.717) is 29.9 Å². The molecule has 0 unspecified atom stereocenters. The van der Waals surface area contributed by atoms with Crippen LogP contribution in [0, 0.1) is 0 Å². The van der Waals surface area contributed by atoms with Gasteiger partial charge in [-0.2, -0.15) is 0 Å². The fourth-order valence-corrected chi connectivity index (χ4v) is 4.58. The van der Waals surface area contributed by atoms with Crippen molar-refractivity contribution in [3.05, 3.63) is 67.9 Å². The minimum absolute atomic E-state index is 0.174. The molecule has 2 aromatic carbocycles. The number of benzene rings is 2. The third-order valence-electron chi connectivity index (χ3n) is 5.55. The van der Waals surface area contributed by atoms with Crippen LogP contribution < -0.4 is 20.2 Å². The monoisotopic (exact) mass is 470 g/mol. The van der Waals surface area contributed by atoms with Crippen LogP contribution in [0.1, 0.15) is 34.5 Å². The maximum Gasteiger partial charge on any atom is 0.256 e. The van der Waals surface area contributed by atoms with Gasteiger partial charge in [0.15, 0.2) is 11.5 Å². The summed E-state index contributed by atoms with van der Waals surface area (Å²) in [6.07, 6.45) is 3.16. The number of nitrogens with zero attached hydrogens (tertiary/aromatic N) is 1. The lowest BCUT2D eigenvalue weighted by molar-refractivity contribution is 0.0952. The van der Waals surface area contributed by atoms with E-state index in [0.717, 1.165) is 27.5 Å². The number of hydrogen-bond donors (Lipinski definition) is 1. The minimum atomic E-state index is -0.355. The van der Waals surface area contributed by atoms with E-state index in [1.807, 2.05) is 28.8 Å². The molecule has 1 N–H and O–H groups in total. The summed E-state index contributed by atoms with van der Waals surface area (Å²) in [5.74, 6) is 0.950. The number of amides is 1. The summed E-state index contributed by atoms with van der Waals surface area (Å²) in [6.45, 7) is 2.50. The van der Waals surface area contributed by atoms with Crippen LogP contribution in [0.15, 0.2) is 45.8 Å². The van der Waals surface area contributed by atoms with E-state index in [1.165, 1.54) is 0 Å². The molecular weight excluding hydrogens is 448 g/mol. The second-order valence-electron chi connectivity index (χ2n) is 7.49. The van der Waals surface area contributed by atoms with Crippen LogP contribution in [0.2, 0.25) is 0 Å². The molecule has 0 aliphatic carbocycles. The molecule has 1 atom stereocenters. The Morgan fingerprint density at radius 2 is 1.97 bits per heavy atom. The lowest BCUT2D eigenvalue weighted by Gasteiger charge is -2.13. The van der Waals surface area contributed by atoms with Crippen molar-refractivity contribution in [2.45, 2.75) is 25.8 Å². The maximum absolute atomic E-state index is 13.0. The summed E-state index contributed by atoms with van der Waals surface area (Å²) in [7, 11) is 3.18. The fraction of sp³-hybridized carbons (Fsp3) is 0.304.